The molecule has 1 unspecified atom stereocenters. The van der Waals surface area contributed by atoms with Crippen LogP contribution >= 0.6 is 0 Å². The zero-order valence-corrected chi connectivity index (χ0v) is 18.1. The first kappa shape index (κ1) is 19.9. The smallest absolute Gasteiger partial charge is 0.270 e. The maximum atomic E-state index is 13.0. The number of aromatic nitrogens is 5. The molecule has 0 amide bonds. The summed E-state index contributed by atoms with van der Waals surface area (Å²) in [5, 5.41) is 16.9. The quantitative estimate of drug-likeness (QED) is 0.440. The fourth-order valence-corrected chi connectivity index (χ4v) is 5.08. The number of hydrogen-bond acceptors (Lipinski definition) is 7. The number of nitrogens with zero attached hydrogens (tertiary/aromatic N) is 5. The molecule has 1 aliphatic carbocycles. The Bertz CT molecular complexity index is 1450. The van der Waals surface area contributed by atoms with Gasteiger partial charge < -0.3 is 15.6 Å². The van der Waals surface area contributed by atoms with Gasteiger partial charge in [0.2, 0.25) is 5.95 Å². The highest BCUT2D eigenvalue weighted by molar-refractivity contribution is 5.81. The Morgan fingerprint density at radius 2 is 2.00 bits per heavy atom. The normalized spacial score (nSPS) is 18.8. The van der Waals surface area contributed by atoms with Gasteiger partial charge in [-0.1, -0.05) is 12.8 Å². The standard InChI is InChI=1S/C24H24N8O/c25-12-14-10-15-13-27-24(31-22(15)32(23(14)33)17-4-1-2-5-17)28-16-7-8-18-20(11-16)30-21(29-18)19-6-3-9-26-19/h7-8,10-11,13,17,19,26H,1-6,9H2,(H,29,30)(H,27,28,31). The first-order chi connectivity index (χ1) is 16.2. The molecule has 166 valence electrons. The summed E-state index contributed by atoms with van der Waals surface area (Å²) in [6.07, 6.45) is 7.93. The number of nitriles is 1. The average Bonchev–Trinajstić information content (AvgIpc) is 3.60. The van der Waals surface area contributed by atoms with Crippen LogP contribution in [0.3, 0.4) is 0 Å². The van der Waals surface area contributed by atoms with Crippen molar-refractivity contribution in [2.24, 2.45) is 0 Å². The number of hydrogen-bond donors (Lipinski definition) is 3. The van der Waals surface area contributed by atoms with Gasteiger partial charge in [-0.15, -0.1) is 0 Å². The molecule has 0 bridgehead atoms. The predicted octanol–water partition coefficient (Wildman–Crippen LogP) is 3.82. The summed E-state index contributed by atoms with van der Waals surface area (Å²) in [6, 6.07) is 9.88. The summed E-state index contributed by atoms with van der Waals surface area (Å²) < 4.78 is 1.70. The number of H-pyrrole nitrogens is 1. The van der Waals surface area contributed by atoms with Gasteiger partial charge in [0.05, 0.1) is 17.1 Å². The van der Waals surface area contributed by atoms with Gasteiger partial charge in [-0.3, -0.25) is 9.36 Å². The molecule has 9 heteroatoms. The molecule has 4 heterocycles. The third-order valence-corrected chi connectivity index (χ3v) is 6.73. The van der Waals surface area contributed by atoms with Crippen molar-refractivity contribution < 1.29 is 0 Å². The predicted molar refractivity (Wildman–Crippen MR) is 125 cm³/mol. The fraction of sp³-hybridized carbons (Fsp3) is 0.375. The molecule has 2 aliphatic rings. The van der Waals surface area contributed by atoms with E-state index in [9.17, 15) is 10.1 Å². The highest BCUT2D eigenvalue weighted by Crippen LogP contribution is 2.31. The molecule has 0 spiro atoms. The van der Waals surface area contributed by atoms with Gasteiger partial charge in [0.25, 0.3) is 5.56 Å². The largest absolute Gasteiger partial charge is 0.341 e. The minimum atomic E-state index is -0.270. The number of rotatable bonds is 4. The molecule has 1 saturated carbocycles. The van der Waals surface area contributed by atoms with E-state index >= 15 is 0 Å². The molecule has 33 heavy (non-hydrogen) atoms. The van der Waals surface area contributed by atoms with Crippen molar-refractivity contribution in [3.05, 3.63) is 52.2 Å². The molecule has 1 aliphatic heterocycles. The maximum absolute atomic E-state index is 13.0. The van der Waals surface area contributed by atoms with E-state index in [0.29, 0.717) is 17.0 Å². The van der Waals surface area contributed by atoms with E-state index in [1.807, 2.05) is 24.3 Å². The van der Waals surface area contributed by atoms with E-state index in [0.717, 1.165) is 67.6 Å². The average molecular weight is 441 g/mol. The van der Waals surface area contributed by atoms with E-state index in [1.54, 1.807) is 16.8 Å². The van der Waals surface area contributed by atoms with Crippen LogP contribution in [0.4, 0.5) is 11.6 Å². The molecular weight excluding hydrogens is 416 g/mol. The van der Waals surface area contributed by atoms with E-state index in [-0.39, 0.29) is 23.2 Å². The highest BCUT2D eigenvalue weighted by atomic mass is 16.1. The summed E-state index contributed by atoms with van der Waals surface area (Å²) in [7, 11) is 0. The van der Waals surface area contributed by atoms with Crippen molar-refractivity contribution in [1.82, 2.24) is 29.8 Å². The van der Waals surface area contributed by atoms with Crippen LogP contribution in [0.25, 0.3) is 22.1 Å². The molecule has 6 rings (SSSR count). The maximum Gasteiger partial charge on any atom is 0.270 e. The van der Waals surface area contributed by atoms with Gasteiger partial charge in [-0.25, -0.2) is 9.97 Å². The van der Waals surface area contributed by atoms with Crippen LogP contribution in [0.15, 0.2) is 35.3 Å². The monoisotopic (exact) mass is 440 g/mol. The molecule has 4 aromatic rings. The van der Waals surface area contributed by atoms with Crippen LogP contribution in [0.1, 0.15) is 62.0 Å². The molecule has 1 aromatic carbocycles. The fourth-order valence-electron chi connectivity index (χ4n) is 5.08. The van der Waals surface area contributed by atoms with Crippen molar-refractivity contribution in [3.8, 4) is 6.07 Å². The third kappa shape index (κ3) is 3.52. The first-order valence-electron chi connectivity index (χ1n) is 11.5. The molecule has 0 radical (unpaired) electrons. The Morgan fingerprint density at radius 1 is 1.12 bits per heavy atom. The lowest BCUT2D eigenvalue weighted by Gasteiger charge is -2.17. The lowest BCUT2D eigenvalue weighted by molar-refractivity contribution is 0.515. The lowest BCUT2D eigenvalue weighted by Crippen LogP contribution is -2.26. The second-order valence-corrected chi connectivity index (χ2v) is 8.88. The summed E-state index contributed by atoms with van der Waals surface area (Å²) in [5.41, 5.74) is 3.14. The van der Waals surface area contributed by atoms with Gasteiger partial charge in [-0.2, -0.15) is 10.2 Å². The van der Waals surface area contributed by atoms with Crippen molar-refractivity contribution in [2.45, 2.75) is 50.6 Å². The number of pyridine rings is 1. The zero-order chi connectivity index (χ0) is 22.4. The van der Waals surface area contributed by atoms with Crippen LogP contribution in [0, 0.1) is 11.3 Å². The second kappa shape index (κ2) is 7.98. The first-order valence-corrected chi connectivity index (χ1v) is 11.5. The molecule has 2 fully saturated rings. The third-order valence-electron chi connectivity index (χ3n) is 6.73. The summed E-state index contributed by atoms with van der Waals surface area (Å²) in [4.78, 5) is 30.3. The van der Waals surface area contributed by atoms with Crippen LogP contribution in [0.5, 0.6) is 0 Å². The Morgan fingerprint density at radius 3 is 2.79 bits per heavy atom. The van der Waals surface area contributed by atoms with Crippen molar-refractivity contribution >= 4 is 33.7 Å². The number of benzene rings is 1. The molecular formula is C24H24N8O. The minimum absolute atomic E-state index is 0.0695. The van der Waals surface area contributed by atoms with Crippen LogP contribution < -0.4 is 16.2 Å². The second-order valence-electron chi connectivity index (χ2n) is 8.88. The van der Waals surface area contributed by atoms with Gasteiger partial charge in [0.15, 0.2) is 0 Å². The number of fused-ring (bicyclic) bond motifs is 2. The number of anilines is 2. The van der Waals surface area contributed by atoms with Crippen molar-refractivity contribution in [2.75, 3.05) is 11.9 Å². The zero-order valence-electron chi connectivity index (χ0n) is 18.1. The van der Waals surface area contributed by atoms with Gasteiger partial charge >= 0.3 is 0 Å². The van der Waals surface area contributed by atoms with E-state index in [2.05, 4.69) is 20.6 Å². The topological polar surface area (TPSA) is 124 Å². The molecule has 1 atom stereocenters. The molecule has 9 nitrogen and oxygen atoms in total. The number of aromatic amines is 1. The van der Waals surface area contributed by atoms with Crippen LogP contribution in [-0.2, 0) is 0 Å². The van der Waals surface area contributed by atoms with Gasteiger partial charge in [0.1, 0.15) is 23.1 Å². The van der Waals surface area contributed by atoms with E-state index in [1.165, 1.54) is 0 Å². The van der Waals surface area contributed by atoms with Crippen LogP contribution in [-0.4, -0.2) is 31.0 Å². The molecule has 1 saturated heterocycles. The van der Waals surface area contributed by atoms with E-state index < -0.39 is 0 Å². The Kier molecular flexibility index (Phi) is 4.80. The summed E-state index contributed by atoms with van der Waals surface area (Å²) in [6.45, 7) is 1.02. The Balaban J connectivity index is 1.37. The molecule has 3 N–H and O–H groups in total. The summed E-state index contributed by atoms with van der Waals surface area (Å²) >= 11 is 0. The lowest BCUT2D eigenvalue weighted by atomic mass is 10.2. The van der Waals surface area contributed by atoms with Gasteiger partial charge in [-0.05, 0) is 56.5 Å². The van der Waals surface area contributed by atoms with Crippen molar-refractivity contribution in [1.29, 1.82) is 5.26 Å². The number of nitrogens with one attached hydrogen (secondary N) is 3. The Labute approximate surface area is 189 Å². The summed E-state index contributed by atoms with van der Waals surface area (Å²) in [5.74, 6) is 1.38. The van der Waals surface area contributed by atoms with Crippen molar-refractivity contribution in [3.63, 3.8) is 0 Å². The van der Waals surface area contributed by atoms with Gasteiger partial charge in [0, 0.05) is 23.3 Å². The molecule has 3 aromatic heterocycles. The SMILES string of the molecule is N#Cc1cc2cnc(Nc3ccc4nc(C5CCCN5)[nH]c4c3)nc2n(C2CCCC2)c1=O. The Hall–Kier alpha value is -3.77. The minimum Gasteiger partial charge on any atom is -0.341 e. The van der Waals surface area contributed by atoms with E-state index in [4.69, 9.17) is 9.97 Å². The number of imidazole rings is 1. The van der Waals surface area contributed by atoms with Crippen LogP contribution in [0.2, 0.25) is 0 Å². The highest BCUT2D eigenvalue weighted by Gasteiger charge is 2.23.